The van der Waals surface area contributed by atoms with Gasteiger partial charge in [0, 0.05) is 49.6 Å². The van der Waals surface area contributed by atoms with Gasteiger partial charge in [-0.15, -0.1) is 0 Å². The Kier molecular flexibility index (Phi) is 6.54. The highest BCUT2D eigenvalue weighted by molar-refractivity contribution is 6.04. The van der Waals surface area contributed by atoms with Crippen LogP contribution in [0.1, 0.15) is 29.5 Å². The number of hydrogen-bond donors (Lipinski definition) is 2. The molecule has 3 heterocycles. The predicted octanol–water partition coefficient (Wildman–Crippen LogP) is 3.01. The third kappa shape index (κ3) is 4.36. The third-order valence-corrected chi connectivity index (χ3v) is 7.04. The fourth-order valence-corrected chi connectivity index (χ4v) is 5.13. The second-order valence-corrected chi connectivity index (χ2v) is 9.16. The highest BCUT2D eigenvalue weighted by Gasteiger charge is 2.47. The number of urea groups is 1. The van der Waals surface area contributed by atoms with E-state index in [4.69, 9.17) is 9.47 Å². The first-order valence-corrected chi connectivity index (χ1v) is 12.2. The summed E-state index contributed by atoms with van der Waals surface area (Å²) in [5.74, 6) is 0.910. The number of amides is 4. The van der Waals surface area contributed by atoms with Gasteiger partial charge in [-0.2, -0.15) is 0 Å². The first-order chi connectivity index (χ1) is 17.5. The smallest absolute Gasteiger partial charge is 0.327 e. The number of carbonyl (C=O) groups excluding carboxylic acids is 3. The normalized spacial score (nSPS) is 16.8. The molecule has 0 aliphatic carbocycles. The molecule has 9 heteroatoms. The number of para-hydroxylation sites is 1. The molecule has 9 nitrogen and oxygen atoms in total. The maximum absolute atomic E-state index is 13.0. The van der Waals surface area contributed by atoms with Crippen LogP contribution in [0.4, 0.5) is 4.79 Å². The second kappa shape index (κ2) is 9.93. The van der Waals surface area contributed by atoms with Gasteiger partial charge in [-0.3, -0.25) is 14.5 Å². The van der Waals surface area contributed by atoms with Crippen molar-refractivity contribution in [3.8, 4) is 11.5 Å². The largest absolute Gasteiger partial charge is 0.493 e. The van der Waals surface area contributed by atoms with Crippen LogP contribution in [0.5, 0.6) is 11.5 Å². The third-order valence-electron chi connectivity index (χ3n) is 7.04. The molecular formula is C27H30N4O5. The molecule has 2 aromatic carbocycles. The number of hydrogen-bond acceptors (Lipinski definition) is 5. The number of benzene rings is 2. The number of methoxy groups -OCH3 is 2. The van der Waals surface area contributed by atoms with Gasteiger partial charge in [-0.25, -0.2) is 4.79 Å². The van der Waals surface area contributed by atoms with Crippen LogP contribution in [0.3, 0.4) is 0 Å². The molecule has 1 fully saturated rings. The van der Waals surface area contributed by atoms with Gasteiger partial charge in [0.05, 0.1) is 14.2 Å². The Labute approximate surface area is 209 Å². The van der Waals surface area contributed by atoms with Crippen molar-refractivity contribution in [2.45, 2.75) is 38.3 Å². The minimum Gasteiger partial charge on any atom is -0.493 e. The van der Waals surface area contributed by atoms with Crippen LogP contribution >= 0.6 is 0 Å². The molecule has 1 aromatic heterocycles. The number of ether oxygens (including phenoxy) is 2. The van der Waals surface area contributed by atoms with Crippen LogP contribution in [-0.2, 0) is 29.0 Å². The van der Waals surface area contributed by atoms with Crippen LogP contribution < -0.4 is 14.8 Å². The van der Waals surface area contributed by atoms with Crippen molar-refractivity contribution in [2.75, 3.05) is 27.3 Å². The van der Waals surface area contributed by atoms with Gasteiger partial charge < -0.3 is 24.7 Å². The summed E-state index contributed by atoms with van der Waals surface area (Å²) in [6, 6.07) is 11.0. The van der Waals surface area contributed by atoms with Gasteiger partial charge in [-0.1, -0.05) is 18.2 Å². The summed E-state index contributed by atoms with van der Waals surface area (Å²) in [5, 5.41) is 4.10. The van der Waals surface area contributed by atoms with Crippen LogP contribution in [0.2, 0.25) is 0 Å². The molecule has 2 aliphatic rings. The van der Waals surface area contributed by atoms with Crippen LogP contribution in [-0.4, -0.2) is 66.0 Å². The molecule has 0 saturated carbocycles. The summed E-state index contributed by atoms with van der Waals surface area (Å²) < 4.78 is 10.8. The van der Waals surface area contributed by atoms with Gasteiger partial charge in [-0.05, 0) is 47.7 Å². The van der Waals surface area contributed by atoms with E-state index in [1.807, 2.05) is 36.5 Å². The van der Waals surface area contributed by atoms with E-state index in [0.717, 1.165) is 34.0 Å². The topological polar surface area (TPSA) is 104 Å². The summed E-state index contributed by atoms with van der Waals surface area (Å²) in [6.45, 7) is 1.10. The average molecular weight is 491 g/mol. The molecule has 1 atom stereocenters. The highest BCUT2D eigenvalue weighted by atomic mass is 16.5. The zero-order chi connectivity index (χ0) is 25.2. The number of aromatic nitrogens is 1. The van der Waals surface area contributed by atoms with Gasteiger partial charge >= 0.3 is 6.03 Å². The van der Waals surface area contributed by atoms with E-state index in [1.54, 1.807) is 19.1 Å². The Morgan fingerprint density at radius 1 is 1.11 bits per heavy atom. The zero-order valence-corrected chi connectivity index (χ0v) is 20.5. The van der Waals surface area contributed by atoms with Crippen LogP contribution in [0, 0.1) is 0 Å². The SMILES string of the molecule is COc1cc2c(cc1OC)CN1C(=O)N(CCCC(=O)NCCc3c[nH]c4ccccc34)C(=O)C1C2. The standard InChI is InChI=1S/C27H30N4O5/c1-35-23-13-18-12-22-26(33)30(27(34)31(22)16-19(18)14-24(23)36-2)11-5-8-25(32)28-10-9-17-15-29-21-7-4-3-6-20(17)21/h3-4,6-7,13-15,22,29H,5,8-12,16H2,1-2H3,(H,28,32). The summed E-state index contributed by atoms with van der Waals surface area (Å²) in [5.41, 5.74) is 4.16. The molecule has 0 spiro atoms. The number of nitrogens with one attached hydrogen (secondary N) is 2. The van der Waals surface area contributed by atoms with Crippen molar-refractivity contribution in [3.05, 3.63) is 59.3 Å². The molecule has 2 aliphatic heterocycles. The quantitative estimate of drug-likeness (QED) is 0.449. The van der Waals surface area contributed by atoms with Crippen LogP contribution in [0.25, 0.3) is 10.9 Å². The monoisotopic (exact) mass is 490 g/mol. The van der Waals surface area contributed by atoms with Crippen LogP contribution in [0.15, 0.2) is 42.6 Å². The Morgan fingerprint density at radius 2 is 1.86 bits per heavy atom. The number of H-pyrrole nitrogens is 1. The summed E-state index contributed by atoms with van der Waals surface area (Å²) in [7, 11) is 3.14. The Hall–Kier alpha value is -4.01. The zero-order valence-electron chi connectivity index (χ0n) is 20.5. The minimum absolute atomic E-state index is 0.0850. The Bertz CT molecular complexity index is 1270. The van der Waals surface area contributed by atoms with Gasteiger partial charge in [0.2, 0.25) is 5.91 Å². The van der Waals surface area contributed by atoms with Crippen molar-refractivity contribution in [2.24, 2.45) is 0 Å². The predicted molar refractivity (Wildman–Crippen MR) is 134 cm³/mol. The van der Waals surface area contributed by atoms with E-state index in [1.165, 1.54) is 4.90 Å². The summed E-state index contributed by atoms with van der Waals surface area (Å²) in [6.07, 6.45) is 3.81. The maximum atomic E-state index is 13.0. The van der Waals surface area contributed by atoms with Crippen molar-refractivity contribution in [1.82, 2.24) is 20.1 Å². The molecule has 3 aromatic rings. The van der Waals surface area contributed by atoms with E-state index in [-0.39, 0.29) is 30.8 Å². The lowest BCUT2D eigenvalue weighted by Crippen LogP contribution is -2.40. The van der Waals surface area contributed by atoms with Gasteiger partial charge in [0.25, 0.3) is 5.91 Å². The van der Waals surface area contributed by atoms with E-state index in [9.17, 15) is 14.4 Å². The molecule has 1 unspecified atom stereocenters. The Morgan fingerprint density at radius 3 is 2.64 bits per heavy atom. The Balaban J connectivity index is 1.12. The molecular weight excluding hydrogens is 460 g/mol. The van der Waals surface area contributed by atoms with E-state index >= 15 is 0 Å². The molecule has 36 heavy (non-hydrogen) atoms. The molecule has 2 N–H and O–H groups in total. The van der Waals surface area contributed by atoms with Gasteiger partial charge in [0.15, 0.2) is 11.5 Å². The van der Waals surface area contributed by atoms with Crippen molar-refractivity contribution in [3.63, 3.8) is 0 Å². The first kappa shape index (κ1) is 23.7. The first-order valence-electron chi connectivity index (χ1n) is 12.2. The number of fused-ring (bicyclic) bond motifs is 3. The number of carbonyl (C=O) groups is 3. The van der Waals surface area contributed by atoms with E-state index in [0.29, 0.717) is 37.4 Å². The second-order valence-electron chi connectivity index (χ2n) is 9.16. The van der Waals surface area contributed by atoms with Crippen molar-refractivity contribution < 1.29 is 23.9 Å². The lowest BCUT2D eigenvalue weighted by Gasteiger charge is -2.29. The molecule has 1 saturated heterocycles. The number of nitrogens with zero attached hydrogens (tertiary/aromatic N) is 2. The maximum Gasteiger partial charge on any atom is 0.327 e. The molecule has 5 rings (SSSR count). The number of imide groups is 1. The lowest BCUT2D eigenvalue weighted by atomic mass is 9.94. The fourth-order valence-electron chi connectivity index (χ4n) is 5.13. The highest BCUT2D eigenvalue weighted by Crippen LogP contribution is 2.37. The number of rotatable bonds is 9. The minimum atomic E-state index is -0.520. The molecule has 188 valence electrons. The average Bonchev–Trinajstić information content (AvgIpc) is 3.41. The van der Waals surface area contributed by atoms with Gasteiger partial charge in [0.1, 0.15) is 6.04 Å². The van der Waals surface area contributed by atoms with E-state index < -0.39 is 6.04 Å². The lowest BCUT2D eigenvalue weighted by molar-refractivity contribution is -0.129. The fraction of sp³-hybridized carbons (Fsp3) is 0.370. The van der Waals surface area contributed by atoms with Crippen molar-refractivity contribution in [1.29, 1.82) is 0 Å². The molecule has 0 bridgehead atoms. The number of aromatic amines is 1. The van der Waals surface area contributed by atoms with Crippen molar-refractivity contribution >= 4 is 28.7 Å². The molecule has 0 radical (unpaired) electrons. The summed E-state index contributed by atoms with van der Waals surface area (Å²) in [4.78, 5) is 44.5. The molecule has 4 amide bonds. The summed E-state index contributed by atoms with van der Waals surface area (Å²) >= 11 is 0. The van der Waals surface area contributed by atoms with E-state index in [2.05, 4.69) is 16.4 Å².